The van der Waals surface area contributed by atoms with Crippen LogP contribution in [0.25, 0.3) is 0 Å². The molecule has 0 radical (unpaired) electrons. The van der Waals surface area contributed by atoms with Gasteiger partial charge in [0, 0.05) is 16.6 Å². The Kier molecular flexibility index (Phi) is 6.08. The predicted octanol–water partition coefficient (Wildman–Crippen LogP) is 3.93. The molecule has 0 spiro atoms. The largest absolute Gasteiger partial charge is 0.490 e. The van der Waals surface area contributed by atoms with E-state index in [1.165, 1.54) is 5.56 Å². The van der Waals surface area contributed by atoms with Crippen LogP contribution in [0.3, 0.4) is 0 Å². The van der Waals surface area contributed by atoms with Crippen LogP contribution in [0.5, 0.6) is 11.5 Å². The van der Waals surface area contributed by atoms with E-state index >= 15 is 0 Å². The van der Waals surface area contributed by atoms with Crippen molar-refractivity contribution in [2.24, 2.45) is 0 Å². The Hall–Kier alpha value is -1.52. The first kappa shape index (κ1) is 15.9. The van der Waals surface area contributed by atoms with E-state index in [1.807, 2.05) is 43.4 Å². The van der Waals surface area contributed by atoms with Gasteiger partial charge in [0.15, 0.2) is 0 Å². The van der Waals surface area contributed by atoms with Crippen molar-refractivity contribution in [3.05, 3.63) is 58.1 Å². The fraction of sp³-hybridized carbons (Fsp3) is 0.294. The molecule has 0 atom stereocenters. The quantitative estimate of drug-likeness (QED) is 0.768. The second-order valence-corrected chi connectivity index (χ2v) is 5.71. The van der Waals surface area contributed by atoms with Gasteiger partial charge in [0.05, 0.1) is 0 Å². The summed E-state index contributed by atoms with van der Waals surface area (Å²) in [5.74, 6) is 1.76. The highest BCUT2D eigenvalue weighted by Crippen LogP contribution is 2.23. The van der Waals surface area contributed by atoms with E-state index in [4.69, 9.17) is 9.47 Å². The Morgan fingerprint density at radius 3 is 2.43 bits per heavy atom. The van der Waals surface area contributed by atoms with E-state index in [2.05, 4.69) is 34.2 Å². The molecule has 0 aliphatic carbocycles. The van der Waals surface area contributed by atoms with E-state index in [-0.39, 0.29) is 0 Å². The van der Waals surface area contributed by atoms with E-state index in [9.17, 15) is 0 Å². The molecule has 21 heavy (non-hydrogen) atoms. The molecule has 0 aromatic heterocycles. The van der Waals surface area contributed by atoms with Crippen LogP contribution in [-0.4, -0.2) is 20.3 Å². The van der Waals surface area contributed by atoms with Crippen LogP contribution < -0.4 is 14.8 Å². The number of aryl methyl sites for hydroxylation is 1. The summed E-state index contributed by atoms with van der Waals surface area (Å²) in [6.07, 6.45) is 0. The Bertz CT molecular complexity index is 570. The molecule has 4 heteroatoms. The highest BCUT2D eigenvalue weighted by molar-refractivity contribution is 9.10. The van der Waals surface area contributed by atoms with Crippen LogP contribution in [-0.2, 0) is 6.54 Å². The van der Waals surface area contributed by atoms with Crippen molar-refractivity contribution in [3.63, 3.8) is 0 Å². The molecule has 0 saturated heterocycles. The van der Waals surface area contributed by atoms with E-state index < -0.39 is 0 Å². The zero-order valence-electron chi connectivity index (χ0n) is 12.4. The average molecular weight is 350 g/mol. The van der Waals surface area contributed by atoms with Crippen LogP contribution in [0.4, 0.5) is 0 Å². The number of halogens is 1. The van der Waals surface area contributed by atoms with Gasteiger partial charge >= 0.3 is 0 Å². The standard InChI is InChI=1S/C17H20BrNO2/c1-13-3-6-16(7-4-13)20-9-10-21-17-8-5-15(18)11-14(17)12-19-2/h3-8,11,19H,9-10,12H2,1-2H3. The van der Waals surface area contributed by atoms with Crippen LogP contribution >= 0.6 is 15.9 Å². The minimum atomic E-state index is 0.520. The molecule has 2 rings (SSSR count). The zero-order chi connectivity index (χ0) is 15.1. The smallest absolute Gasteiger partial charge is 0.124 e. The third kappa shape index (κ3) is 5.06. The van der Waals surface area contributed by atoms with Gasteiger partial charge in [-0.2, -0.15) is 0 Å². The number of benzene rings is 2. The molecule has 0 fully saturated rings. The first-order valence-corrected chi connectivity index (χ1v) is 7.73. The highest BCUT2D eigenvalue weighted by atomic mass is 79.9. The lowest BCUT2D eigenvalue weighted by Gasteiger charge is -2.12. The molecule has 0 amide bonds. The molecule has 0 unspecified atom stereocenters. The van der Waals surface area contributed by atoms with Crippen molar-refractivity contribution in [2.45, 2.75) is 13.5 Å². The summed E-state index contributed by atoms with van der Waals surface area (Å²) >= 11 is 3.48. The molecule has 0 bridgehead atoms. The normalized spacial score (nSPS) is 10.4. The molecule has 3 nitrogen and oxygen atoms in total. The average Bonchev–Trinajstić information content (AvgIpc) is 2.48. The topological polar surface area (TPSA) is 30.5 Å². The molecule has 0 aliphatic heterocycles. The van der Waals surface area contributed by atoms with Gasteiger partial charge in [0.2, 0.25) is 0 Å². The SMILES string of the molecule is CNCc1cc(Br)ccc1OCCOc1ccc(C)cc1. The summed E-state index contributed by atoms with van der Waals surface area (Å²) in [5, 5.41) is 3.14. The van der Waals surface area contributed by atoms with Crippen LogP contribution in [0.15, 0.2) is 46.9 Å². The summed E-state index contributed by atoms with van der Waals surface area (Å²) in [6.45, 7) is 3.88. The second-order valence-electron chi connectivity index (χ2n) is 4.79. The lowest BCUT2D eigenvalue weighted by atomic mass is 10.2. The summed E-state index contributed by atoms with van der Waals surface area (Å²) in [7, 11) is 1.92. The van der Waals surface area contributed by atoms with Crippen molar-refractivity contribution >= 4 is 15.9 Å². The van der Waals surface area contributed by atoms with Gasteiger partial charge in [0.25, 0.3) is 0 Å². The number of rotatable bonds is 7. The number of hydrogen-bond acceptors (Lipinski definition) is 3. The third-order valence-electron chi connectivity index (χ3n) is 3.02. The first-order valence-electron chi connectivity index (χ1n) is 6.94. The van der Waals surface area contributed by atoms with Crippen molar-refractivity contribution in [1.82, 2.24) is 5.32 Å². The summed E-state index contributed by atoms with van der Waals surface area (Å²) in [4.78, 5) is 0. The maximum atomic E-state index is 5.80. The van der Waals surface area contributed by atoms with E-state index in [1.54, 1.807) is 0 Å². The molecule has 2 aromatic carbocycles. The van der Waals surface area contributed by atoms with Crippen LogP contribution in [0.2, 0.25) is 0 Å². The lowest BCUT2D eigenvalue weighted by Crippen LogP contribution is -2.12. The Balaban J connectivity index is 1.84. The summed E-state index contributed by atoms with van der Waals surface area (Å²) in [5.41, 5.74) is 2.35. The van der Waals surface area contributed by atoms with E-state index in [0.29, 0.717) is 13.2 Å². The van der Waals surface area contributed by atoms with Gasteiger partial charge in [-0.15, -0.1) is 0 Å². The molecule has 0 saturated carbocycles. The Morgan fingerprint density at radius 1 is 1.00 bits per heavy atom. The minimum absolute atomic E-state index is 0.520. The summed E-state index contributed by atoms with van der Waals surface area (Å²) < 4.78 is 12.5. The first-order chi connectivity index (χ1) is 10.2. The predicted molar refractivity (Wildman–Crippen MR) is 89.1 cm³/mol. The van der Waals surface area contributed by atoms with Gasteiger partial charge in [0.1, 0.15) is 24.7 Å². The Labute approximate surface area is 134 Å². The van der Waals surface area contributed by atoms with Crippen LogP contribution in [0, 0.1) is 6.92 Å². The fourth-order valence-electron chi connectivity index (χ4n) is 1.96. The van der Waals surface area contributed by atoms with Crippen molar-refractivity contribution < 1.29 is 9.47 Å². The maximum absolute atomic E-state index is 5.80. The summed E-state index contributed by atoms with van der Waals surface area (Å²) in [6, 6.07) is 14.0. The fourth-order valence-corrected chi connectivity index (χ4v) is 2.37. The molecule has 2 aromatic rings. The van der Waals surface area contributed by atoms with Gasteiger partial charge < -0.3 is 14.8 Å². The van der Waals surface area contributed by atoms with Gasteiger partial charge in [-0.05, 0) is 44.3 Å². The number of nitrogens with one attached hydrogen (secondary N) is 1. The second kappa shape index (κ2) is 8.05. The third-order valence-corrected chi connectivity index (χ3v) is 3.51. The lowest BCUT2D eigenvalue weighted by molar-refractivity contribution is 0.215. The maximum Gasteiger partial charge on any atom is 0.124 e. The number of ether oxygens (including phenoxy) is 2. The molecule has 1 N–H and O–H groups in total. The molecule has 0 aliphatic rings. The van der Waals surface area contributed by atoms with Gasteiger partial charge in [-0.1, -0.05) is 33.6 Å². The minimum Gasteiger partial charge on any atom is -0.490 e. The monoisotopic (exact) mass is 349 g/mol. The molecular weight excluding hydrogens is 330 g/mol. The van der Waals surface area contributed by atoms with Crippen LogP contribution in [0.1, 0.15) is 11.1 Å². The van der Waals surface area contributed by atoms with Gasteiger partial charge in [-0.25, -0.2) is 0 Å². The van der Waals surface area contributed by atoms with E-state index in [0.717, 1.165) is 28.1 Å². The van der Waals surface area contributed by atoms with Crippen molar-refractivity contribution in [2.75, 3.05) is 20.3 Å². The number of hydrogen-bond donors (Lipinski definition) is 1. The Morgan fingerprint density at radius 2 is 1.71 bits per heavy atom. The highest BCUT2D eigenvalue weighted by Gasteiger charge is 2.04. The molecule has 0 heterocycles. The zero-order valence-corrected chi connectivity index (χ0v) is 13.9. The van der Waals surface area contributed by atoms with Gasteiger partial charge in [-0.3, -0.25) is 0 Å². The molecule has 112 valence electrons. The molecular formula is C17H20BrNO2. The van der Waals surface area contributed by atoms with Crippen molar-refractivity contribution in [1.29, 1.82) is 0 Å². The van der Waals surface area contributed by atoms with Crippen molar-refractivity contribution in [3.8, 4) is 11.5 Å².